The molecule has 24 heavy (non-hydrogen) atoms. The van der Waals surface area contributed by atoms with Gasteiger partial charge < -0.3 is 10.6 Å². The Labute approximate surface area is 138 Å². The van der Waals surface area contributed by atoms with Crippen molar-refractivity contribution in [1.82, 2.24) is 15.0 Å². The minimum Gasteiger partial charge on any atom is -0.369 e. The number of aromatic nitrogens is 3. The van der Waals surface area contributed by atoms with Crippen molar-refractivity contribution in [1.29, 1.82) is 0 Å². The monoisotopic (exact) mass is 323 g/mol. The van der Waals surface area contributed by atoms with E-state index >= 15 is 0 Å². The topological polar surface area (TPSA) is 105 Å². The first kappa shape index (κ1) is 15.7. The van der Waals surface area contributed by atoms with E-state index in [2.05, 4.69) is 15.0 Å². The number of rotatable bonds is 4. The Morgan fingerprint density at radius 3 is 2.67 bits per heavy atom. The highest BCUT2D eigenvalue weighted by atomic mass is 16.1. The van der Waals surface area contributed by atoms with Crippen molar-refractivity contribution in [2.75, 3.05) is 17.7 Å². The average Bonchev–Trinajstić information content (AvgIpc) is 2.55. The molecular weight excluding hydrogens is 306 g/mol. The summed E-state index contributed by atoms with van der Waals surface area (Å²) in [6.07, 6.45) is 1.65. The molecule has 0 radical (unpaired) electrons. The highest BCUT2D eigenvalue weighted by molar-refractivity contribution is 5.94. The van der Waals surface area contributed by atoms with Crippen LogP contribution in [-0.2, 0) is 6.54 Å². The summed E-state index contributed by atoms with van der Waals surface area (Å²) in [6, 6.07) is 9.17. The maximum atomic E-state index is 12.0. The summed E-state index contributed by atoms with van der Waals surface area (Å²) in [6.45, 7) is 2.16. The van der Waals surface area contributed by atoms with Gasteiger partial charge in [-0.05, 0) is 18.6 Å². The zero-order valence-corrected chi connectivity index (χ0v) is 13.4. The maximum absolute atomic E-state index is 12.0. The van der Waals surface area contributed by atoms with Crippen LogP contribution in [0.2, 0.25) is 0 Å². The number of nitrogen functional groups attached to an aromatic ring is 1. The standard InChI is InChI=1S/C17H17N5O2/c1-10(23)12-5-3-11(4-6-12)9-22(2)13-7-14-15(19-8-13)20-17(18)21-16(14)24/h3-8H,9H2,1-2H3,(H3,18,19,20,21,24). The van der Waals surface area contributed by atoms with Gasteiger partial charge in [0.15, 0.2) is 11.4 Å². The van der Waals surface area contributed by atoms with Crippen molar-refractivity contribution in [3.8, 4) is 0 Å². The van der Waals surface area contributed by atoms with Crippen molar-refractivity contribution in [2.24, 2.45) is 0 Å². The third-order valence-corrected chi connectivity index (χ3v) is 3.79. The van der Waals surface area contributed by atoms with Gasteiger partial charge in [-0.25, -0.2) is 4.98 Å². The lowest BCUT2D eigenvalue weighted by molar-refractivity contribution is 0.101. The normalized spacial score (nSPS) is 10.8. The highest BCUT2D eigenvalue weighted by Gasteiger charge is 2.09. The Hall–Kier alpha value is -3.22. The number of anilines is 2. The molecule has 0 fully saturated rings. The van der Waals surface area contributed by atoms with E-state index in [1.807, 2.05) is 36.2 Å². The molecule has 0 unspecified atom stereocenters. The molecule has 0 aliphatic heterocycles. The molecule has 0 saturated carbocycles. The number of hydrogen-bond donors (Lipinski definition) is 2. The molecule has 7 nitrogen and oxygen atoms in total. The maximum Gasteiger partial charge on any atom is 0.261 e. The Bertz CT molecular complexity index is 963. The predicted molar refractivity (Wildman–Crippen MR) is 93.1 cm³/mol. The number of nitrogens with one attached hydrogen (secondary N) is 1. The SMILES string of the molecule is CC(=O)c1ccc(CN(C)c2cnc3nc(N)[nH]c(=O)c3c2)cc1. The molecule has 0 amide bonds. The van der Waals surface area contributed by atoms with E-state index in [9.17, 15) is 9.59 Å². The molecule has 3 rings (SSSR count). The minimum absolute atomic E-state index is 0.0413. The number of carbonyl (C=O) groups excluding carboxylic acids is 1. The lowest BCUT2D eigenvalue weighted by atomic mass is 10.1. The Morgan fingerprint density at radius 2 is 2.00 bits per heavy atom. The van der Waals surface area contributed by atoms with Gasteiger partial charge >= 0.3 is 0 Å². The van der Waals surface area contributed by atoms with Gasteiger partial charge in [-0.3, -0.25) is 14.6 Å². The van der Waals surface area contributed by atoms with E-state index in [-0.39, 0.29) is 17.3 Å². The second-order valence-corrected chi connectivity index (χ2v) is 5.63. The number of Topliss-reactive ketones (excluding diaryl/α,β-unsaturated/α-hetero) is 1. The molecule has 1 aromatic carbocycles. The molecule has 122 valence electrons. The Balaban J connectivity index is 1.87. The van der Waals surface area contributed by atoms with Crippen molar-refractivity contribution < 1.29 is 4.79 Å². The van der Waals surface area contributed by atoms with Gasteiger partial charge in [0.25, 0.3) is 5.56 Å². The van der Waals surface area contributed by atoms with E-state index in [1.54, 1.807) is 19.2 Å². The summed E-state index contributed by atoms with van der Waals surface area (Å²) < 4.78 is 0. The highest BCUT2D eigenvalue weighted by Crippen LogP contribution is 2.18. The summed E-state index contributed by atoms with van der Waals surface area (Å²) in [4.78, 5) is 35.9. The first-order valence-corrected chi connectivity index (χ1v) is 7.40. The molecule has 0 aliphatic rings. The van der Waals surface area contributed by atoms with E-state index in [0.717, 1.165) is 11.3 Å². The van der Waals surface area contributed by atoms with E-state index < -0.39 is 0 Å². The quantitative estimate of drug-likeness (QED) is 0.709. The van der Waals surface area contributed by atoms with Gasteiger partial charge in [-0.1, -0.05) is 24.3 Å². The average molecular weight is 323 g/mol. The molecule has 0 atom stereocenters. The van der Waals surface area contributed by atoms with E-state index in [1.165, 1.54) is 0 Å². The number of hydrogen-bond acceptors (Lipinski definition) is 6. The van der Waals surface area contributed by atoms with Crippen LogP contribution in [0.25, 0.3) is 11.0 Å². The minimum atomic E-state index is -0.314. The summed E-state index contributed by atoms with van der Waals surface area (Å²) in [5.74, 6) is 0.0892. The fourth-order valence-electron chi connectivity index (χ4n) is 2.45. The third kappa shape index (κ3) is 3.10. The van der Waals surface area contributed by atoms with Crippen LogP contribution < -0.4 is 16.2 Å². The third-order valence-electron chi connectivity index (χ3n) is 3.79. The van der Waals surface area contributed by atoms with Gasteiger partial charge in [0.2, 0.25) is 5.95 Å². The lowest BCUT2D eigenvalue weighted by Gasteiger charge is -2.19. The second-order valence-electron chi connectivity index (χ2n) is 5.63. The Kier molecular flexibility index (Phi) is 3.99. The molecule has 0 saturated heterocycles. The first-order chi connectivity index (χ1) is 11.4. The fraction of sp³-hybridized carbons (Fsp3) is 0.176. The van der Waals surface area contributed by atoms with E-state index in [0.29, 0.717) is 23.1 Å². The zero-order valence-electron chi connectivity index (χ0n) is 13.4. The van der Waals surface area contributed by atoms with Crippen LogP contribution in [0.3, 0.4) is 0 Å². The molecule has 0 spiro atoms. The molecule has 0 aliphatic carbocycles. The predicted octanol–water partition coefficient (Wildman–Crippen LogP) is 1.74. The number of nitrogens with zero attached hydrogens (tertiary/aromatic N) is 3. The summed E-state index contributed by atoms with van der Waals surface area (Å²) in [7, 11) is 1.90. The van der Waals surface area contributed by atoms with Crippen LogP contribution in [0, 0.1) is 0 Å². The number of ketones is 1. The summed E-state index contributed by atoms with van der Waals surface area (Å²) in [5, 5.41) is 0.389. The van der Waals surface area contributed by atoms with Gasteiger partial charge in [0.05, 0.1) is 17.3 Å². The van der Waals surface area contributed by atoms with Crippen molar-refractivity contribution in [3.05, 3.63) is 58.0 Å². The molecule has 7 heteroatoms. The smallest absolute Gasteiger partial charge is 0.261 e. The van der Waals surface area contributed by atoms with Crippen molar-refractivity contribution in [2.45, 2.75) is 13.5 Å². The molecule has 2 heterocycles. The molecule has 0 bridgehead atoms. The lowest BCUT2D eigenvalue weighted by Crippen LogP contribution is -2.18. The van der Waals surface area contributed by atoms with Gasteiger partial charge in [0, 0.05) is 19.2 Å². The fourth-order valence-corrected chi connectivity index (χ4v) is 2.45. The van der Waals surface area contributed by atoms with Gasteiger partial charge in [-0.15, -0.1) is 0 Å². The van der Waals surface area contributed by atoms with Crippen LogP contribution in [0.4, 0.5) is 11.6 Å². The van der Waals surface area contributed by atoms with Gasteiger partial charge in [-0.2, -0.15) is 4.98 Å². The van der Waals surface area contributed by atoms with Crippen LogP contribution in [0.15, 0.2) is 41.3 Å². The largest absolute Gasteiger partial charge is 0.369 e. The number of benzene rings is 1. The molecule has 2 aromatic heterocycles. The zero-order chi connectivity index (χ0) is 17.3. The number of H-pyrrole nitrogens is 1. The van der Waals surface area contributed by atoms with Crippen LogP contribution in [0.1, 0.15) is 22.8 Å². The van der Waals surface area contributed by atoms with Crippen molar-refractivity contribution in [3.63, 3.8) is 0 Å². The number of aromatic amines is 1. The second kappa shape index (κ2) is 6.11. The number of fused-ring (bicyclic) bond motifs is 1. The first-order valence-electron chi connectivity index (χ1n) is 7.40. The molecule has 3 aromatic rings. The van der Waals surface area contributed by atoms with Crippen LogP contribution in [-0.4, -0.2) is 27.8 Å². The van der Waals surface area contributed by atoms with Crippen LogP contribution >= 0.6 is 0 Å². The van der Waals surface area contributed by atoms with Crippen molar-refractivity contribution >= 4 is 28.5 Å². The molecule has 3 N–H and O–H groups in total. The number of nitrogens with two attached hydrogens (primary N) is 1. The Morgan fingerprint density at radius 1 is 1.29 bits per heavy atom. The molecular formula is C17H17N5O2. The van der Waals surface area contributed by atoms with Gasteiger partial charge in [0.1, 0.15) is 0 Å². The summed E-state index contributed by atoms with van der Waals surface area (Å²) >= 11 is 0. The number of carbonyl (C=O) groups is 1. The number of pyridine rings is 1. The summed E-state index contributed by atoms with van der Waals surface area (Å²) in [5.41, 5.74) is 8.04. The van der Waals surface area contributed by atoms with Crippen LogP contribution in [0.5, 0.6) is 0 Å². The van der Waals surface area contributed by atoms with E-state index in [4.69, 9.17) is 5.73 Å².